The van der Waals surface area contributed by atoms with Crippen LogP contribution in [0.25, 0.3) is 0 Å². The van der Waals surface area contributed by atoms with E-state index in [4.69, 9.17) is 0 Å². The van der Waals surface area contributed by atoms with Crippen molar-refractivity contribution in [2.24, 2.45) is 10.1 Å². The largest absolute Gasteiger partial charge is 0.268 e. The third-order valence-electron chi connectivity index (χ3n) is 3.28. The average Bonchev–Trinajstić information content (AvgIpc) is 2.37. The predicted molar refractivity (Wildman–Crippen MR) is 84.0 cm³/mol. The Hall–Kier alpha value is -1.64. The van der Waals surface area contributed by atoms with Crippen LogP contribution in [-0.2, 0) is 0 Å². The van der Waals surface area contributed by atoms with Crippen molar-refractivity contribution in [2.75, 3.05) is 7.05 Å². The summed E-state index contributed by atoms with van der Waals surface area (Å²) in [6.07, 6.45) is 2.81. The first-order valence-corrected chi connectivity index (χ1v) is 6.75. The van der Waals surface area contributed by atoms with Crippen molar-refractivity contribution in [1.82, 2.24) is 5.01 Å². The highest BCUT2D eigenvalue weighted by atomic mass is 15.4. The molecule has 0 amide bonds. The second-order valence-corrected chi connectivity index (χ2v) is 5.48. The van der Waals surface area contributed by atoms with Crippen LogP contribution in [0, 0.1) is 6.92 Å². The SMILES string of the molecule is CCC(C)(C)/N=C/N(C)/N=C(\C)c1ccccc1C. The molecule has 0 saturated carbocycles. The number of rotatable bonds is 5. The normalized spacial score (nSPS) is 13.1. The highest BCUT2D eigenvalue weighted by Crippen LogP contribution is 2.12. The Kier molecular flexibility index (Phi) is 5.28. The summed E-state index contributed by atoms with van der Waals surface area (Å²) < 4.78 is 0. The molecule has 0 aliphatic rings. The van der Waals surface area contributed by atoms with Gasteiger partial charge in [0.2, 0.25) is 0 Å². The zero-order valence-corrected chi connectivity index (χ0v) is 12.9. The first-order chi connectivity index (χ1) is 8.85. The minimum absolute atomic E-state index is 0.0274. The van der Waals surface area contributed by atoms with Crippen LogP contribution in [0.2, 0.25) is 0 Å². The fourth-order valence-electron chi connectivity index (χ4n) is 1.63. The average molecular weight is 259 g/mol. The summed E-state index contributed by atoms with van der Waals surface area (Å²) in [6.45, 7) is 10.5. The summed E-state index contributed by atoms with van der Waals surface area (Å²) in [4.78, 5) is 4.54. The van der Waals surface area contributed by atoms with Gasteiger partial charge in [-0.1, -0.05) is 31.2 Å². The molecule has 1 aromatic rings. The number of nitrogens with zero attached hydrogens (tertiary/aromatic N) is 3. The van der Waals surface area contributed by atoms with E-state index < -0.39 is 0 Å². The van der Waals surface area contributed by atoms with Gasteiger partial charge in [-0.3, -0.25) is 10.0 Å². The Bertz CT molecular complexity index is 473. The molecular weight excluding hydrogens is 234 g/mol. The number of hydrazone groups is 1. The van der Waals surface area contributed by atoms with E-state index in [9.17, 15) is 0 Å². The van der Waals surface area contributed by atoms with Gasteiger partial charge < -0.3 is 0 Å². The Balaban J connectivity index is 2.83. The molecule has 1 aromatic carbocycles. The summed E-state index contributed by atoms with van der Waals surface area (Å²) in [7, 11) is 1.91. The summed E-state index contributed by atoms with van der Waals surface area (Å²) in [6, 6.07) is 8.27. The van der Waals surface area contributed by atoms with Crippen molar-refractivity contribution in [3.8, 4) is 0 Å². The highest BCUT2D eigenvalue weighted by molar-refractivity contribution is 6.00. The first kappa shape index (κ1) is 15.4. The first-order valence-electron chi connectivity index (χ1n) is 6.75. The maximum Gasteiger partial charge on any atom is 0.106 e. The van der Waals surface area contributed by atoms with Gasteiger partial charge in [0.1, 0.15) is 6.34 Å². The van der Waals surface area contributed by atoms with E-state index in [1.54, 1.807) is 11.3 Å². The number of hydrogen-bond acceptors (Lipinski definition) is 2. The molecular formula is C16H25N3. The summed E-state index contributed by atoms with van der Waals surface area (Å²) in [5.41, 5.74) is 3.39. The second-order valence-electron chi connectivity index (χ2n) is 5.48. The molecule has 0 saturated heterocycles. The van der Waals surface area contributed by atoms with Gasteiger partial charge in [-0.15, -0.1) is 0 Å². The second kappa shape index (κ2) is 6.50. The molecule has 0 aliphatic carbocycles. The van der Waals surface area contributed by atoms with Crippen LogP contribution >= 0.6 is 0 Å². The maximum absolute atomic E-state index is 4.55. The zero-order chi connectivity index (χ0) is 14.5. The molecule has 0 atom stereocenters. The van der Waals surface area contributed by atoms with Crippen molar-refractivity contribution in [1.29, 1.82) is 0 Å². The molecule has 104 valence electrons. The smallest absolute Gasteiger partial charge is 0.106 e. The van der Waals surface area contributed by atoms with E-state index in [2.05, 4.69) is 49.9 Å². The van der Waals surface area contributed by atoms with Crippen LogP contribution < -0.4 is 0 Å². The number of benzene rings is 1. The molecule has 0 aromatic heterocycles. The molecule has 3 heteroatoms. The fraction of sp³-hybridized carbons (Fsp3) is 0.500. The predicted octanol–water partition coefficient (Wildman–Crippen LogP) is 3.87. The molecule has 0 radical (unpaired) electrons. The van der Waals surface area contributed by atoms with Crippen molar-refractivity contribution >= 4 is 12.1 Å². The standard InChI is InChI=1S/C16H25N3/c1-7-16(4,5)17-12-19(6)18-14(3)15-11-9-8-10-13(15)2/h8-12H,7H2,1-6H3/b17-12+,18-14+. The molecule has 0 unspecified atom stereocenters. The minimum Gasteiger partial charge on any atom is -0.268 e. The summed E-state index contributed by atoms with van der Waals surface area (Å²) in [5.74, 6) is 0. The highest BCUT2D eigenvalue weighted by Gasteiger charge is 2.11. The lowest BCUT2D eigenvalue weighted by Gasteiger charge is -2.18. The lowest BCUT2D eigenvalue weighted by atomic mass is 10.0. The molecule has 0 fully saturated rings. The topological polar surface area (TPSA) is 28.0 Å². The van der Waals surface area contributed by atoms with Crippen molar-refractivity contribution in [3.05, 3.63) is 35.4 Å². The molecule has 3 nitrogen and oxygen atoms in total. The molecule has 0 bridgehead atoms. The van der Waals surface area contributed by atoms with Gasteiger partial charge in [0, 0.05) is 12.6 Å². The van der Waals surface area contributed by atoms with Gasteiger partial charge >= 0.3 is 0 Å². The van der Waals surface area contributed by atoms with Crippen molar-refractivity contribution in [2.45, 2.75) is 46.6 Å². The molecule has 0 aliphatic heterocycles. The number of aryl methyl sites for hydroxylation is 1. The van der Waals surface area contributed by atoms with Crippen LogP contribution in [0.5, 0.6) is 0 Å². The zero-order valence-electron chi connectivity index (χ0n) is 12.9. The van der Waals surface area contributed by atoms with E-state index in [-0.39, 0.29) is 5.54 Å². The van der Waals surface area contributed by atoms with Gasteiger partial charge in [-0.2, -0.15) is 5.10 Å². The lowest BCUT2D eigenvalue weighted by Crippen LogP contribution is -2.19. The van der Waals surface area contributed by atoms with Crippen LogP contribution in [0.4, 0.5) is 0 Å². The van der Waals surface area contributed by atoms with Crippen LogP contribution in [0.15, 0.2) is 34.4 Å². The summed E-state index contributed by atoms with van der Waals surface area (Å²) >= 11 is 0. The molecule has 0 N–H and O–H groups in total. The summed E-state index contributed by atoms with van der Waals surface area (Å²) in [5, 5.41) is 6.32. The van der Waals surface area contributed by atoms with Gasteiger partial charge in [0.25, 0.3) is 0 Å². The van der Waals surface area contributed by atoms with Gasteiger partial charge in [-0.25, -0.2) is 0 Å². The van der Waals surface area contributed by atoms with Crippen LogP contribution in [0.1, 0.15) is 45.2 Å². The van der Waals surface area contributed by atoms with E-state index in [1.165, 1.54) is 11.1 Å². The third kappa shape index (κ3) is 4.86. The number of aliphatic imine (C=N–C) groups is 1. The van der Waals surface area contributed by atoms with Crippen molar-refractivity contribution < 1.29 is 0 Å². The van der Waals surface area contributed by atoms with Gasteiger partial charge in [0.15, 0.2) is 0 Å². The fourth-order valence-corrected chi connectivity index (χ4v) is 1.63. The van der Waals surface area contributed by atoms with E-state index in [1.807, 2.05) is 26.1 Å². The van der Waals surface area contributed by atoms with Crippen molar-refractivity contribution in [3.63, 3.8) is 0 Å². The minimum atomic E-state index is -0.0274. The molecule has 0 spiro atoms. The third-order valence-corrected chi connectivity index (χ3v) is 3.28. The molecule has 0 heterocycles. The van der Waals surface area contributed by atoms with Crippen LogP contribution in [0.3, 0.4) is 0 Å². The Morgan fingerprint density at radius 1 is 1.32 bits per heavy atom. The number of hydrogen-bond donors (Lipinski definition) is 0. The van der Waals surface area contributed by atoms with Gasteiger partial charge in [-0.05, 0) is 39.7 Å². The molecule has 1 rings (SSSR count). The Labute approximate surface area is 117 Å². The monoisotopic (exact) mass is 259 g/mol. The lowest BCUT2D eigenvalue weighted by molar-refractivity contribution is 0.484. The van der Waals surface area contributed by atoms with E-state index >= 15 is 0 Å². The quantitative estimate of drug-likeness (QED) is 0.448. The molecule has 19 heavy (non-hydrogen) atoms. The van der Waals surface area contributed by atoms with Gasteiger partial charge in [0.05, 0.1) is 11.3 Å². The Morgan fingerprint density at radius 2 is 1.95 bits per heavy atom. The van der Waals surface area contributed by atoms with E-state index in [0.717, 1.165) is 12.1 Å². The van der Waals surface area contributed by atoms with Crippen LogP contribution in [-0.4, -0.2) is 29.6 Å². The Morgan fingerprint density at radius 3 is 2.53 bits per heavy atom. The maximum atomic E-state index is 4.55. The van der Waals surface area contributed by atoms with E-state index in [0.29, 0.717) is 0 Å².